The van der Waals surface area contributed by atoms with Crippen molar-refractivity contribution >= 4 is 23.7 Å². The van der Waals surface area contributed by atoms with Crippen LogP contribution in [0.2, 0.25) is 0 Å². The second-order valence-electron chi connectivity index (χ2n) is 8.26. The highest BCUT2D eigenvalue weighted by Crippen LogP contribution is 2.44. The fourth-order valence-electron chi connectivity index (χ4n) is 4.39. The van der Waals surface area contributed by atoms with Crippen molar-refractivity contribution in [2.45, 2.75) is 19.4 Å². The topological polar surface area (TPSA) is 114 Å². The second-order valence-corrected chi connectivity index (χ2v) is 8.26. The standard InChI is InChI=1S/C27H26N2O6/c1-16-22(26(32)34-2)11-17(13-28-14-25(30)31)12-24(16)29-27(33)35-15-23-20-9-5-3-7-18(20)19-8-4-6-10-21(19)23/h3-12,23,28H,13-15H2,1-2H3,(H,29,33)(H,30,31). The Morgan fingerprint density at radius 2 is 1.60 bits per heavy atom. The first kappa shape index (κ1) is 24.0. The number of carbonyl (C=O) groups is 3. The van der Waals surface area contributed by atoms with Crippen LogP contribution in [0.1, 0.15) is 38.5 Å². The molecule has 0 bridgehead atoms. The number of nitrogens with one attached hydrogen (secondary N) is 2. The number of esters is 1. The normalized spacial score (nSPS) is 11.9. The smallest absolute Gasteiger partial charge is 0.411 e. The highest BCUT2D eigenvalue weighted by atomic mass is 16.5. The molecule has 4 rings (SSSR count). The van der Waals surface area contributed by atoms with Gasteiger partial charge in [-0.1, -0.05) is 48.5 Å². The van der Waals surface area contributed by atoms with Gasteiger partial charge in [0.25, 0.3) is 0 Å². The lowest BCUT2D eigenvalue weighted by Gasteiger charge is -2.17. The van der Waals surface area contributed by atoms with Crippen LogP contribution < -0.4 is 10.6 Å². The monoisotopic (exact) mass is 474 g/mol. The number of anilines is 1. The Morgan fingerprint density at radius 3 is 2.20 bits per heavy atom. The number of hydrogen-bond donors (Lipinski definition) is 3. The van der Waals surface area contributed by atoms with E-state index in [2.05, 4.69) is 22.8 Å². The fourth-order valence-corrected chi connectivity index (χ4v) is 4.39. The van der Waals surface area contributed by atoms with Crippen LogP contribution in [0.5, 0.6) is 0 Å². The molecule has 0 aliphatic heterocycles. The van der Waals surface area contributed by atoms with Crippen molar-refractivity contribution < 1.29 is 29.0 Å². The Morgan fingerprint density at radius 1 is 0.971 bits per heavy atom. The van der Waals surface area contributed by atoms with Crippen LogP contribution in [-0.2, 0) is 20.8 Å². The van der Waals surface area contributed by atoms with Crippen LogP contribution in [-0.4, -0.2) is 43.4 Å². The first-order valence-corrected chi connectivity index (χ1v) is 11.2. The summed E-state index contributed by atoms with van der Waals surface area (Å²) in [7, 11) is 1.27. The molecule has 8 nitrogen and oxygen atoms in total. The first-order valence-electron chi connectivity index (χ1n) is 11.2. The zero-order chi connectivity index (χ0) is 24.9. The Bertz CT molecular complexity index is 1240. The van der Waals surface area contributed by atoms with Gasteiger partial charge in [0.2, 0.25) is 0 Å². The minimum atomic E-state index is -0.998. The average molecular weight is 475 g/mol. The number of carbonyl (C=O) groups excluding carboxylic acids is 2. The van der Waals surface area contributed by atoms with Gasteiger partial charge < -0.3 is 19.9 Å². The molecule has 0 spiro atoms. The van der Waals surface area contributed by atoms with Crippen LogP contribution in [0.4, 0.5) is 10.5 Å². The molecule has 3 aromatic carbocycles. The van der Waals surface area contributed by atoms with E-state index in [1.807, 2.05) is 36.4 Å². The summed E-state index contributed by atoms with van der Waals surface area (Å²) in [5.41, 5.74) is 6.29. The lowest BCUT2D eigenvalue weighted by atomic mass is 9.98. The molecule has 3 N–H and O–H groups in total. The molecule has 0 aromatic heterocycles. The van der Waals surface area contributed by atoms with Gasteiger partial charge >= 0.3 is 18.0 Å². The van der Waals surface area contributed by atoms with E-state index in [1.165, 1.54) is 7.11 Å². The molecular formula is C27H26N2O6. The minimum absolute atomic E-state index is 0.0774. The highest BCUT2D eigenvalue weighted by molar-refractivity contribution is 5.95. The number of hydrogen-bond acceptors (Lipinski definition) is 6. The van der Waals surface area contributed by atoms with Crippen LogP contribution in [0.15, 0.2) is 60.7 Å². The van der Waals surface area contributed by atoms with Crippen molar-refractivity contribution in [3.63, 3.8) is 0 Å². The van der Waals surface area contributed by atoms with Crippen LogP contribution in [0, 0.1) is 6.92 Å². The van der Waals surface area contributed by atoms with Crippen molar-refractivity contribution in [1.29, 1.82) is 0 Å². The molecule has 8 heteroatoms. The summed E-state index contributed by atoms with van der Waals surface area (Å²) in [6.45, 7) is 1.80. The molecule has 0 unspecified atom stereocenters. The van der Waals surface area contributed by atoms with Gasteiger partial charge in [-0.25, -0.2) is 9.59 Å². The predicted molar refractivity (Wildman–Crippen MR) is 131 cm³/mol. The van der Waals surface area contributed by atoms with E-state index in [1.54, 1.807) is 19.1 Å². The molecule has 35 heavy (non-hydrogen) atoms. The first-order chi connectivity index (χ1) is 16.9. The largest absolute Gasteiger partial charge is 0.480 e. The zero-order valence-corrected chi connectivity index (χ0v) is 19.5. The van der Waals surface area contributed by atoms with Gasteiger partial charge in [-0.05, 0) is 52.4 Å². The summed E-state index contributed by atoms with van der Waals surface area (Å²) in [6.07, 6.45) is -0.651. The minimum Gasteiger partial charge on any atom is -0.480 e. The van der Waals surface area contributed by atoms with Crippen LogP contribution in [0.25, 0.3) is 11.1 Å². The fraction of sp³-hybridized carbons (Fsp3) is 0.222. The molecule has 1 aliphatic rings. The summed E-state index contributed by atoms with van der Waals surface area (Å²) in [6, 6.07) is 19.4. The molecule has 0 heterocycles. The summed E-state index contributed by atoms with van der Waals surface area (Å²) in [5, 5.41) is 14.4. The molecule has 1 aliphatic carbocycles. The van der Waals surface area contributed by atoms with Crippen molar-refractivity contribution in [2.75, 3.05) is 25.6 Å². The Kier molecular flexibility index (Phi) is 7.12. The Balaban J connectivity index is 1.51. The van der Waals surface area contributed by atoms with Gasteiger partial charge in [-0.3, -0.25) is 10.1 Å². The molecule has 3 aromatic rings. The summed E-state index contributed by atoms with van der Waals surface area (Å²) >= 11 is 0. The second kappa shape index (κ2) is 10.4. The third-order valence-corrected chi connectivity index (χ3v) is 6.06. The molecule has 180 valence electrons. The quantitative estimate of drug-likeness (QED) is 0.417. The maximum Gasteiger partial charge on any atom is 0.411 e. The molecule has 0 saturated carbocycles. The third-order valence-electron chi connectivity index (χ3n) is 6.06. The Hall–Kier alpha value is -4.17. The van der Waals surface area contributed by atoms with Gasteiger partial charge in [0, 0.05) is 18.2 Å². The number of benzene rings is 3. The van der Waals surface area contributed by atoms with Gasteiger partial charge in [-0.15, -0.1) is 0 Å². The van der Waals surface area contributed by atoms with Crippen LogP contribution in [0.3, 0.4) is 0 Å². The lowest BCUT2D eigenvalue weighted by Crippen LogP contribution is -2.23. The molecule has 0 saturated heterocycles. The number of rotatable bonds is 8. The molecular weight excluding hydrogens is 448 g/mol. The highest BCUT2D eigenvalue weighted by Gasteiger charge is 2.29. The van der Waals surface area contributed by atoms with Crippen molar-refractivity contribution in [2.24, 2.45) is 0 Å². The van der Waals surface area contributed by atoms with E-state index in [0.717, 1.165) is 22.3 Å². The molecule has 0 radical (unpaired) electrons. The maximum absolute atomic E-state index is 12.8. The third kappa shape index (κ3) is 5.17. The van der Waals surface area contributed by atoms with Gasteiger partial charge in [0.15, 0.2) is 0 Å². The van der Waals surface area contributed by atoms with E-state index in [-0.39, 0.29) is 31.2 Å². The van der Waals surface area contributed by atoms with Crippen molar-refractivity contribution in [3.8, 4) is 11.1 Å². The van der Waals surface area contributed by atoms with E-state index in [4.69, 9.17) is 14.6 Å². The van der Waals surface area contributed by atoms with Gasteiger partial charge in [-0.2, -0.15) is 0 Å². The number of ether oxygens (including phenoxy) is 2. The maximum atomic E-state index is 12.8. The molecule has 0 atom stereocenters. The van der Waals surface area contributed by atoms with E-state index in [9.17, 15) is 14.4 Å². The number of amides is 1. The summed E-state index contributed by atoms with van der Waals surface area (Å²) in [4.78, 5) is 35.8. The SMILES string of the molecule is COC(=O)c1cc(CNCC(=O)O)cc(NC(=O)OCC2c3ccccc3-c3ccccc32)c1C. The molecule has 1 amide bonds. The summed E-state index contributed by atoms with van der Waals surface area (Å²) < 4.78 is 10.5. The van der Waals surface area contributed by atoms with Gasteiger partial charge in [0.1, 0.15) is 6.61 Å². The van der Waals surface area contributed by atoms with E-state index < -0.39 is 18.0 Å². The molecule has 0 fully saturated rings. The Labute approximate surface area is 202 Å². The number of carboxylic acid groups (broad SMARTS) is 1. The van der Waals surface area contributed by atoms with E-state index in [0.29, 0.717) is 16.8 Å². The predicted octanol–water partition coefficient (Wildman–Crippen LogP) is 4.32. The van der Waals surface area contributed by atoms with Crippen molar-refractivity contribution in [1.82, 2.24) is 5.32 Å². The number of carboxylic acids is 1. The number of aliphatic carboxylic acids is 1. The van der Waals surface area contributed by atoms with E-state index >= 15 is 0 Å². The lowest BCUT2D eigenvalue weighted by molar-refractivity contribution is -0.136. The number of fused-ring (bicyclic) bond motifs is 3. The average Bonchev–Trinajstić information content (AvgIpc) is 3.17. The summed E-state index contributed by atoms with van der Waals surface area (Å²) in [5.74, 6) is -1.63. The zero-order valence-electron chi connectivity index (χ0n) is 19.5. The number of methoxy groups -OCH3 is 1. The van der Waals surface area contributed by atoms with Gasteiger partial charge in [0.05, 0.1) is 19.2 Å². The van der Waals surface area contributed by atoms with Crippen molar-refractivity contribution in [3.05, 3.63) is 88.5 Å². The van der Waals surface area contributed by atoms with Crippen LogP contribution >= 0.6 is 0 Å².